The zero-order valence-electron chi connectivity index (χ0n) is 15.0. The topological polar surface area (TPSA) is 64.6 Å². The molecule has 2 aromatic rings. The molecule has 0 unspecified atom stereocenters. The minimum absolute atomic E-state index is 0.217. The molecule has 0 aliphatic rings. The average molecular weight is 376 g/mol. The van der Waals surface area contributed by atoms with Gasteiger partial charge in [0, 0.05) is 5.02 Å². The van der Waals surface area contributed by atoms with Gasteiger partial charge in [-0.25, -0.2) is 4.79 Å². The van der Waals surface area contributed by atoms with Crippen LogP contribution in [0.25, 0.3) is 0 Å². The van der Waals surface area contributed by atoms with Gasteiger partial charge in [-0.1, -0.05) is 29.8 Å². The lowest BCUT2D eigenvalue weighted by Crippen LogP contribution is -2.31. The summed E-state index contributed by atoms with van der Waals surface area (Å²) >= 11 is 5.84. The summed E-state index contributed by atoms with van der Waals surface area (Å²) in [5.74, 6) is -0.393. The van der Waals surface area contributed by atoms with Gasteiger partial charge in [-0.2, -0.15) is 0 Å². The molecule has 0 spiro atoms. The Morgan fingerprint density at radius 2 is 1.73 bits per heavy atom. The van der Waals surface area contributed by atoms with Gasteiger partial charge in [0.05, 0.1) is 6.04 Å². The molecule has 0 fully saturated rings. The first-order chi connectivity index (χ1) is 12.3. The fraction of sp³-hybridized carbons (Fsp3) is 0.300. The van der Waals surface area contributed by atoms with Crippen LogP contribution >= 0.6 is 11.6 Å². The molecule has 0 heterocycles. The van der Waals surface area contributed by atoms with Gasteiger partial charge in [0.1, 0.15) is 5.75 Å². The second kappa shape index (κ2) is 9.25. The molecule has 26 heavy (non-hydrogen) atoms. The number of hydrogen-bond acceptors (Lipinski definition) is 4. The van der Waals surface area contributed by atoms with Crippen LogP contribution in [0.4, 0.5) is 0 Å². The molecule has 0 saturated carbocycles. The van der Waals surface area contributed by atoms with Gasteiger partial charge in [0.15, 0.2) is 13.2 Å². The number of carbonyl (C=O) groups is 2. The first-order valence-corrected chi connectivity index (χ1v) is 8.63. The van der Waals surface area contributed by atoms with Crippen molar-refractivity contribution in [3.8, 4) is 5.75 Å². The molecule has 0 aliphatic heterocycles. The number of amides is 1. The van der Waals surface area contributed by atoms with Gasteiger partial charge >= 0.3 is 5.97 Å². The van der Waals surface area contributed by atoms with Crippen LogP contribution in [0.15, 0.2) is 42.5 Å². The second-order valence-electron chi connectivity index (χ2n) is 6.04. The van der Waals surface area contributed by atoms with E-state index in [0.29, 0.717) is 10.8 Å². The van der Waals surface area contributed by atoms with E-state index in [4.69, 9.17) is 21.1 Å². The maximum absolute atomic E-state index is 11.9. The number of esters is 1. The average Bonchev–Trinajstić information content (AvgIpc) is 2.61. The molecule has 0 bridgehead atoms. The first kappa shape index (κ1) is 19.8. The second-order valence-corrected chi connectivity index (χ2v) is 6.47. The van der Waals surface area contributed by atoms with E-state index < -0.39 is 5.97 Å². The summed E-state index contributed by atoms with van der Waals surface area (Å²) in [5, 5.41) is 3.39. The van der Waals surface area contributed by atoms with E-state index in [1.54, 1.807) is 18.2 Å². The summed E-state index contributed by atoms with van der Waals surface area (Å²) in [6.07, 6.45) is 0. The monoisotopic (exact) mass is 375 g/mol. The Hall–Kier alpha value is -2.53. The summed E-state index contributed by atoms with van der Waals surface area (Å²) in [5.41, 5.74) is 3.13. The largest absolute Gasteiger partial charge is 0.482 e. The molecule has 2 rings (SSSR count). The van der Waals surface area contributed by atoms with E-state index in [1.807, 2.05) is 45.0 Å². The van der Waals surface area contributed by atoms with Crippen LogP contribution in [0.5, 0.6) is 5.75 Å². The minimum Gasteiger partial charge on any atom is -0.482 e. The lowest BCUT2D eigenvalue weighted by atomic mass is 10.1. The van der Waals surface area contributed by atoms with Crippen LogP contribution in [-0.2, 0) is 14.3 Å². The normalized spacial score (nSPS) is 11.5. The number of ether oxygens (including phenoxy) is 2. The Morgan fingerprint density at radius 1 is 1.04 bits per heavy atom. The standard InChI is InChI=1S/C20H22ClNO4/c1-13-4-9-18(10-14(13)2)25-12-20(24)26-11-19(23)22-15(3)16-5-7-17(21)8-6-16/h4-10,15H,11-12H2,1-3H3,(H,22,23)/t15-/m1/s1. The number of hydrogen-bond donors (Lipinski definition) is 1. The Kier molecular flexibility index (Phi) is 7.04. The number of rotatable bonds is 7. The molecular weight excluding hydrogens is 354 g/mol. The summed E-state index contributed by atoms with van der Waals surface area (Å²) in [7, 11) is 0. The molecule has 138 valence electrons. The molecule has 6 heteroatoms. The Bertz CT molecular complexity index is 774. The molecular formula is C20H22ClNO4. The summed E-state index contributed by atoms with van der Waals surface area (Å²) in [4.78, 5) is 23.6. The predicted octanol–water partition coefficient (Wildman–Crippen LogP) is 3.76. The highest BCUT2D eigenvalue weighted by atomic mass is 35.5. The smallest absolute Gasteiger partial charge is 0.344 e. The third-order valence-electron chi connectivity index (χ3n) is 3.95. The molecule has 0 radical (unpaired) electrons. The maximum atomic E-state index is 11.9. The van der Waals surface area contributed by atoms with Crippen LogP contribution in [0.3, 0.4) is 0 Å². The quantitative estimate of drug-likeness (QED) is 0.748. The number of halogens is 1. The van der Waals surface area contributed by atoms with Crippen LogP contribution in [0, 0.1) is 13.8 Å². The minimum atomic E-state index is -0.600. The van der Waals surface area contributed by atoms with Crippen molar-refractivity contribution in [1.29, 1.82) is 0 Å². The predicted molar refractivity (Wildman–Crippen MR) is 100 cm³/mol. The van der Waals surface area contributed by atoms with Crippen molar-refractivity contribution in [1.82, 2.24) is 5.32 Å². The van der Waals surface area contributed by atoms with Gasteiger partial charge in [0.2, 0.25) is 0 Å². The van der Waals surface area contributed by atoms with Crippen molar-refractivity contribution >= 4 is 23.5 Å². The van der Waals surface area contributed by atoms with Crippen molar-refractivity contribution < 1.29 is 19.1 Å². The van der Waals surface area contributed by atoms with Gasteiger partial charge in [-0.05, 0) is 61.7 Å². The van der Waals surface area contributed by atoms with E-state index in [2.05, 4.69) is 5.32 Å². The number of carbonyl (C=O) groups excluding carboxylic acids is 2. The molecule has 1 amide bonds. The van der Waals surface area contributed by atoms with E-state index >= 15 is 0 Å². The Morgan fingerprint density at radius 3 is 2.38 bits per heavy atom. The maximum Gasteiger partial charge on any atom is 0.344 e. The van der Waals surface area contributed by atoms with Gasteiger partial charge in [0.25, 0.3) is 5.91 Å². The number of nitrogens with one attached hydrogen (secondary N) is 1. The third kappa shape index (κ3) is 6.08. The summed E-state index contributed by atoms with van der Waals surface area (Å²) in [6, 6.07) is 12.5. The highest BCUT2D eigenvalue weighted by Gasteiger charge is 2.12. The van der Waals surface area contributed by atoms with Crippen LogP contribution in [-0.4, -0.2) is 25.1 Å². The fourth-order valence-electron chi connectivity index (χ4n) is 2.25. The van der Waals surface area contributed by atoms with Crippen LogP contribution in [0.1, 0.15) is 29.7 Å². The molecule has 0 aromatic heterocycles. The van der Waals surface area contributed by atoms with E-state index in [9.17, 15) is 9.59 Å². The summed E-state index contributed by atoms with van der Waals surface area (Å²) < 4.78 is 10.3. The molecule has 5 nitrogen and oxygen atoms in total. The van der Waals surface area contributed by atoms with Crippen LogP contribution in [0.2, 0.25) is 5.02 Å². The number of aryl methyl sites for hydroxylation is 2. The lowest BCUT2D eigenvalue weighted by Gasteiger charge is -2.14. The van der Waals surface area contributed by atoms with Gasteiger partial charge in [-0.3, -0.25) is 4.79 Å². The summed E-state index contributed by atoms with van der Waals surface area (Å²) in [6.45, 7) is 5.20. The first-order valence-electron chi connectivity index (χ1n) is 8.25. The van der Waals surface area contributed by atoms with Crippen LogP contribution < -0.4 is 10.1 Å². The van der Waals surface area contributed by atoms with E-state index in [0.717, 1.165) is 16.7 Å². The highest BCUT2D eigenvalue weighted by molar-refractivity contribution is 6.30. The van der Waals surface area contributed by atoms with Crippen molar-refractivity contribution in [2.75, 3.05) is 13.2 Å². The Labute approximate surface area is 158 Å². The van der Waals surface area contributed by atoms with Crippen molar-refractivity contribution in [3.05, 3.63) is 64.2 Å². The lowest BCUT2D eigenvalue weighted by molar-refractivity contribution is -0.150. The zero-order chi connectivity index (χ0) is 19.1. The molecule has 2 aromatic carbocycles. The SMILES string of the molecule is Cc1ccc(OCC(=O)OCC(=O)N[C@H](C)c2ccc(Cl)cc2)cc1C. The molecule has 0 aliphatic carbocycles. The van der Waals surface area contributed by atoms with Gasteiger partial charge in [-0.15, -0.1) is 0 Å². The van der Waals surface area contributed by atoms with Crippen molar-refractivity contribution in [2.24, 2.45) is 0 Å². The van der Waals surface area contributed by atoms with Crippen molar-refractivity contribution in [2.45, 2.75) is 26.8 Å². The van der Waals surface area contributed by atoms with Gasteiger partial charge < -0.3 is 14.8 Å². The molecule has 0 saturated heterocycles. The molecule has 1 atom stereocenters. The fourth-order valence-corrected chi connectivity index (χ4v) is 2.38. The van der Waals surface area contributed by atoms with Crippen molar-refractivity contribution in [3.63, 3.8) is 0 Å². The Balaban J connectivity index is 1.73. The highest BCUT2D eigenvalue weighted by Crippen LogP contribution is 2.17. The van der Waals surface area contributed by atoms with E-state index in [1.165, 1.54) is 0 Å². The number of benzene rings is 2. The van der Waals surface area contributed by atoms with E-state index in [-0.39, 0.29) is 25.2 Å². The zero-order valence-corrected chi connectivity index (χ0v) is 15.8. The molecule has 1 N–H and O–H groups in total. The third-order valence-corrected chi connectivity index (χ3v) is 4.20.